The molecule has 9 heteroatoms. The molecule has 0 saturated carbocycles. The highest BCUT2D eigenvalue weighted by Gasteiger charge is 2.14. The Hall–Kier alpha value is -2.68. The number of carboxylic acid groups (broad SMARTS) is 3. The van der Waals surface area contributed by atoms with Crippen molar-refractivity contribution in [1.82, 2.24) is 4.98 Å². The maximum atomic E-state index is 10.7. The Bertz CT molecular complexity index is 623. The Morgan fingerprint density at radius 1 is 1.00 bits per heavy atom. The Balaban J connectivity index is 0.000000541. The minimum Gasteiger partial charge on any atom is -0.481 e. The average Bonchev–Trinajstić information content (AvgIpc) is 2.94. The number of ketones is 1. The van der Waals surface area contributed by atoms with Crippen molar-refractivity contribution in [2.24, 2.45) is 5.73 Å². The molecule has 0 saturated heterocycles. The van der Waals surface area contributed by atoms with Gasteiger partial charge in [0.25, 0.3) is 0 Å². The summed E-state index contributed by atoms with van der Waals surface area (Å²) < 4.78 is 0. The van der Waals surface area contributed by atoms with Gasteiger partial charge in [0, 0.05) is 44.1 Å². The van der Waals surface area contributed by atoms with Crippen molar-refractivity contribution in [3.8, 4) is 0 Å². The van der Waals surface area contributed by atoms with Crippen molar-refractivity contribution in [3.63, 3.8) is 0 Å². The van der Waals surface area contributed by atoms with Crippen LogP contribution < -0.4 is 5.73 Å². The second kappa shape index (κ2) is 12.6. The third kappa shape index (κ3) is 10.2. The van der Waals surface area contributed by atoms with E-state index in [4.69, 9.17) is 21.1 Å². The normalized spacial score (nSPS) is 9.92. The lowest BCUT2D eigenvalue weighted by molar-refractivity contribution is -0.138. The van der Waals surface area contributed by atoms with Gasteiger partial charge in [0.05, 0.1) is 6.42 Å². The van der Waals surface area contributed by atoms with E-state index in [9.17, 15) is 19.2 Å². The first-order valence-corrected chi connectivity index (χ1v) is 8.26. The molecule has 0 radical (unpaired) electrons. The average molecular weight is 370 g/mol. The number of carboxylic acids is 3. The van der Waals surface area contributed by atoms with Crippen molar-refractivity contribution >= 4 is 23.7 Å². The first-order chi connectivity index (χ1) is 12.2. The summed E-state index contributed by atoms with van der Waals surface area (Å²) in [6.45, 7) is 2.00. The van der Waals surface area contributed by atoms with Crippen LogP contribution in [0.5, 0.6) is 0 Å². The van der Waals surface area contributed by atoms with Gasteiger partial charge in [-0.05, 0) is 24.0 Å². The highest BCUT2D eigenvalue weighted by Crippen LogP contribution is 2.16. The largest absolute Gasteiger partial charge is 0.481 e. The van der Waals surface area contributed by atoms with Gasteiger partial charge < -0.3 is 26.0 Å². The van der Waals surface area contributed by atoms with E-state index in [0.717, 1.165) is 0 Å². The topological polar surface area (TPSA) is 171 Å². The zero-order chi connectivity index (χ0) is 20.1. The molecular formula is C17H26N2O7. The minimum atomic E-state index is -0.953. The number of nitrogens with one attached hydrogen (secondary N) is 1. The number of nitrogens with two attached hydrogens (primary N) is 1. The van der Waals surface area contributed by atoms with E-state index < -0.39 is 17.9 Å². The first-order valence-electron chi connectivity index (χ1n) is 8.26. The summed E-state index contributed by atoms with van der Waals surface area (Å²) >= 11 is 0. The molecule has 0 aromatic carbocycles. The number of aromatic nitrogens is 1. The summed E-state index contributed by atoms with van der Waals surface area (Å²) in [6.07, 6.45) is 3.29. The van der Waals surface area contributed by atoms with Gasteiger partial charge in [0.15, 0.2) is 0 Å². The first kappa shape index (κ1) is 23.3. The molecule has 1 aromatic rings. The van der Waals surface area contributed by atoms with Gasteiger partial charge in [0.1, 0.15) is 5.78 Å². The number of rotatable bonds is 11. The lowest BCUT2D eigenvalue weighted by Gasteiger charge is -2.02. The van der Waals surface area contributed by atoms with E-state index in [-0.39, 0.29) is 31.6 Å². The van der Waals surface area contributed by atoms with Crippen molar-refractivity contribution in [1.29, 1.82) is 0 Å². The van der Waals surface area contributed by atoms with E-state index in [0.29, 0.717) is 42.5 Å². The second-order valence-electron chi connectivity index (χ2n) is 5.58. The molecule has 0 amide bonds. The standard InChI is InChI=1S/C10H14N2O4.C7H12O3/c11-4-8-7(3-10(15)16)6(5-12-8)1-2-9(13)14;1-2-6(8)4-3-5-7(9)10/h5,12H,1-4,11H2,(H,13,14)(H,15,16);2-5H2,1H3,(H,9,10). The summed E-state index contributed by atoms with van der Waals surface area (Å²) in [5.74, 6) is -2.55. The number of hydrogen-bond donors (Lipinski definition) is 5. The van der Waals surface area contributed by atoms with Gasteiger partial charge in [-0.3, -0.25) is 19.2 Å². The van der Waals surface area contributed by atoms with Crippen LogP contribution in [0.1, 0.15) is 55.8 Å². The fourth-order valence-corrected chi connectivity index (χ4v) is 2.17. The molecular weight excluding hydrogens is 344 g/mol. The van der Waals surface area contributed by atoms with Crippen molar-refractivity contribution < 1.29 is 34.5 Å². The van der Waals surface area contributed by atoms with Crippen molar-refractivity contribution in [2.45, 2.75) is 58.4 Å². The maximum Gasteiger partial charge on any atom is 0.307 e. The van der Waals surface area contributed by atoms with Gasteiger partial charge in [-0.2, -0.15) is 0 Å². The fraction of sp³-hybridized carbons (Fsp3) is 0.529. The molecule has 0 atom stereocenters. The van der Waals surface area contributed by atoms with E-state index in [1.807, 2.05) is 0 Å². The summed E-state index contributed by atoms with van der Waals surface area (Å²) in [4.78, 5) is 44.5. The molecule has 0 aliphatic carbocycles. The predicted octanol–water partition coefficient (Wildman–Crippen LogP) is 1.34. The summed E-state index contributed by atoms with van der Waals surface area (Å²) in [7, 11) is 0. The SMILES string of the molecule is CCC(=O)CCCC(=O)O.NCc1[nH]cc(CCC(=O)O)c1CC(=O)O. The number of Topliss-reactive ketones (excluding diaryl/α,β-unsaturated/α-hetero) is 1. The number of carbonyl (C=O) groups is 4. The molecule has 0 fully saturated rings. The molecule has 26 heavy (non-hydrogen) atoms. The van der Waals surface area contributed by atoms with Crippen LogP contribution in [0, 0.1) is 0 Å². The zero-order valence-corrected chi connectivity index (χ0v) is 14.8. The Morgan fingerprint density at radius 3 is 2.08 bits per heavy atom. The van der Waals surface area contributed by atoms with Gasteiger partial charge in [-0.15, -0.1) is 0 Å². The number of aliphatic carboxylic acids is 3. The molecule has 9 nitrogen and oxygen atoms in total. The van der Waals surface area contributed by atoms with E-state index in [1.54, 1.807) is 13.1 Å². The van der Waals surface area contributed by atoms with Gasteiger partial charge in [-0.1, -0.05) is 6.92 Å². The molecule has 0 bridgehead atoms. The lowest BCUT2D eigenvalue weighted by Crippen LogP contribution is -2.08. The number of aromatic amines is 1. The highest BCUT2D eigenvalue weighted by atomic mass is 16.4. The Labute approximate surface area is 151 Å². The van der Waals surface area contributed by atoms with Crippen LogP contribution in [0.25, 0.3) is 0 Å². The number of H-pyrrole nitrogens is 1. The highest BCUT2D eigenvalue weighted by molar-refractivity contribution is 5.78. The minimum absolute atomic E-state index is 0.0194. The molecule has 0 aliphatic heterocycles. The van der Waals surface area contributed by atoms with Crippen LogP contribution in [0.4, 0.5) is 0 Å². The van der Waals surface area contributed by atoms with Gasteiger partial charge in [-0.25, -0.2) is 0 Å². The monoisotopic (exact) mass is 370 g/mol. The molecule has 1 rings (SSSR count). The molecule has 0 aliphatic rings. The van der Waals surface area contributed by atoms with Gasteiger partial charge >= 0.3 is 17.9 Å². The summed E-state index contributed by atoms with van der Waals surface area (Å²) in [6, 6.07) is 0. The van der Waals surface area contributed by atoms with Crippen LogP contribution in [-0.4, -0.2) is 44.0 Å². The van der Waals surface area contributed by atoms with Crippen LogP contribution in [0.3, 0.4) is 0 Å². The van der Waals surface area contributed by atoms with Crippen LogP contribution >= 0.6 is 0 Å². The number of aryl methyl sites for hydroxylation is 1. The molecule has 6 N–H and O–H groups in total. The predicted molar refractivity (Wildman–Crippen MR) is 92.8 cm³/mol. The molecule has 0 unspecified atom stereocenters. The maximum absolute atomic E-state index is 10.7. The van der Waals surface area contributed by atoms with Crippen LogP contribution in [0.2, 0.25) is 0 Å². The quantitative estimate of drug-likeness (QED) is 0.388. The van der Waals surface area contributed by atoms with Crippen molar-refractivity contribution in [3.05, 3.63) is 23.0 Å². The number of hydrogen-bond acceptors (Lipinski definition) is 5. The van der Waals surface area contributed by atoms with E-state index >= 15 is 0 Å². The van der Waals surface area contributed by atoms with Crippen LogP contribution in [-0.2, 0) is 38.6 Å². The zero-order valence-electron chi connectivity index (χ0n) is 14.8. The Kier molecular flexibility index (Phi) is 11.3. The van der Waals surface area contributed by atoms with Crippen molar-refractivity contribution in [2.75, 3.05) is 0 Å². The third-order valence-corrected chi connectivity index (χ3v) is 3.55. The third-order valence-electron chi connectivity index (χ3n) is 3.55. The van der Waals surface area contributed by atoms with Crippen LogP contribution in [0.15, 0.2) is 6.20 Å². The van der Waals surface area contributed by atoms with E-state index in [1.165, 1.54) is 0 Å². The molecule has 1 heterocycles. The fourth-order valence-electron chi connectivity index (χ4n) is 2.17. The summed E-state index contributed by atoms with van der Waals surface area (Å²) in [5, 5.41) is 25.5. The van der Waals surface area contributed by atoms with Gasteiger partial charge in [0.2, 0.25) is 0 Å². The molecule has 146 valence electrons. The smallest absolute Gasteiger partial charge is 0.307 e. The van der Waals surface area contributed by atoms with E-state index in [2.05, 4.69) is 4.98 Å². The Morgan fingerprint density at radius 2 is 1.62 bits per heavy atom. The summed E-state index contributed by atoms with van der Waals surface area (Å²) in [5.41, 5.74) is 7.43. The molecule has 1 aromatic heterocycles. The number of carbonyl (C=O) groups excluding carboxylic acids is 1. The molecule has 0 spiro atoms. The second-order valence-corrected chi connectivity index (χ2v) is 5.58. The lowest BCUT2D eigenvalue weighted by atomic mass is 10.0.